The van der Waals surface area contributed by atoms with Gasteiger partial charge in [-0.1, -0.05) is 0 Å². The number of hydrogen-bond acceptors (Lipinski definition) is 3. The first-order valence-electron chi connectivity index (χ1n) is 5.33. The van der Waals surface area contributed by atoms with Crippen LogP contribution >= 0.6 is 0 Å². The van der Waals surface area contributed by atoms with E-state index in [1.165, 1.54) is 0 Å². The molecule has 0 aliphatic carbocycles. The number of H-pyrrole nitrogens is 1. The lowest BCUT2D eigenvalue weighted by molar-refractivity contribution is -0.129. The highest BCUT2D eigenvalue weighted by molar-refractivity contribution is 5.78. The van der Waals surface area contributed by atoms with Crippen LogP contribution in [0.1, 0.15) is 18.7 Å². The van der Waals surface area contributed by atoms with Gasteiger partial charge in [0.2, 0.25) is 5.91 Å². The maximum Gasteiger partial charge on any atom is 0.236 e. The van der Waals surface area contributed by atoms with Gasteiger partial charge in [-0.15, -0.1) is 0 Å². The highest BCUT2D eigenvalue weighted by atomic mass is 16.2. The molecule has 5 nitrogen and oxygen atoms in total. The molecule has 2 heterocycles. The van der Waals surface area contributed by atoms with Gasteiger partial charge in [0, 0.05) is 25.5 Å². The molecule has 0 saturated carbocycles. The average Bonchev–Trinajstić information content (AvgIpc) is 2.90. The highest BCUT2D eigenvalue weighted by Crippen LogP contribution is 2.06. The van der Waals surface area contributed by atoms with Gasteiger partial charge in [0.1, 0.15) is 5.82 Å². The molecular weight excluding hydrogens is 192 g/mol. The fraction of sp³-hybridized carbons (Fsp3) is 0.600. The molecule has 0 bridgehead atoms. The summed E-state index contributed by atoms with van der Waals surface area (Å²) in [7, 11) is 0. The van der Waals surface area contributed by atoms with E-state index in [2.05, 4.69) is 15.3 Å². The first-order valence-corrected chi connectivity index (χ1v) is 5.33. The van der Waals surface area contributed by atoms with Crippen molar-refractivity contribution in [2.75, 3.05) is 19.6 Å². The molecule has 5 heteroatoms. The first-order chi connectivity index (χ1) is 7.36. The number of imidazole rings is 1. The van der Waals surface area contributed by atoms with E-state index in [0.717, 1.165) is 31.8 Å². The van der Waals surface area contributed by atoms with Crippen LogP contribution < -0.4 is 5.32 Å². The third kappa shape index (κ3) is 2.79. The minimum Gasteiger partial charge on any atom is -0.348 e. The molecule has 1 aromatic heterocycles. The maximum atomic E-state index is 11.6. The zero-order valence-corrected chi connectivity index (χ0v) is 8.70. The summed E-state index contributed by atoms with van der Waals surface area (Å²) >= 11 is 0. The Morgan fingerprint density at radius 3 is 3.00 bits per heavy atom. The summed E-state index contributed by atoms with van der Waals surface area (Å²) in [6.45, 7) is 2.86. The van der Waals surface area contributed by atoms with Crippen molar-refractivity contribution in [3.05, 3.63) is 18.2 Å². The minimum absolute atomic E-state index is 0.194. The number of rotatable bonds is 4. The Balaban J connectivity index is 1.67. The van der Waals surface area contributed by atoms with E-state index in [-0.39, 0.29) is 5.91 Å². The number of amides is 1. The van der Waals surface area contributed by atoms with Crippen molar-refractivity contribution >= 4 is 5.91 Å². The van der Waals surface area contributed by atoms with Crippen LogP contribution in [-0.4, -0.2) is 40.4 Å². The molecule has 15 heavy (non-hydrogen) atoms. The van der Waals surface area contributed by atoms with Crippen molar-refractivity contribution in [1.82, 2.24) is 20.2 Å². The SMILES string of the molecule is O=C(CNCc1ncc[nH]1)N1CCCC1. The van der Waals surface area contributed by atoms with Gasteiger partial charge < -0.3 is 15.2 Å². The number of nitrogens with zero attached hydrogens (tertiary/aromatic N) is 2. The number of aromatic nitrogens is 2. The number of nitrogens with one attached hydrogen (secondary N) is 2. The average molecular weight is 208 g/mol. The fourth-order valence-electron chi connectivity index (χ4n) is 1.76. The topological polar surface area (TPSA) is 61.0 Å². The number of carbonyl (C=O) groups is 1. The summed E-state index contributed by atoms with van der Waals surface area (Å²) in [6.07, 6.45) is 5.77. The summed E-state index contributed by atoms with van der Waals surface area (Å²) < 4.78 is 0. The van der Waals surface area contributed by atoms with E-state index in [1.54, 1.807) is 12.4 Å². The first kappa shape index (κ1) is 10.2. The van der Waals surface area contributed by atoms with Crippen LogP contribution in [0.3, 0.4) is 0 Å². The second-order valence-electron chi connectivity index (χ2n) is 3.73. The minimum atomic E-state index is 0.194. The smallest absolute Gasteiger partial charge is 0.236 e. The molecule has 0 aromatic carbocycles. The Kier molecular flexibility index (Phi) is 3.34. The van der Waals surface area contributed by atoms with Gasteiger partial charge >= 0.3 is 0 Å². The Morgan fingerprint density at radius 1 is 1.53 bits per heavy atom. The Bertz CT molecular complexity index is 303. The second-order valence-corrected chi connectivity index (χ2v) is 3.73. The van der Waals surface area contributed by atoms with E-state index < -0.39 is 0 Å². The van der Waals surface area contributed by atoms with Crippen LogP contribution in [0.4, 0.5) is 0 Å². The molecule has 2 rings (SSSR count). The number of aromatic amines is 1. The molecule has 0 atom stereocenters. The Labute approximate surface area is 88.9 Å². The fourth-order valence-corrected chi connectivity index (χ4v) is 1.76. The molecule has 82 valence electrons. The molecule has 1 saturated heterocycles. The predicted molar refractivity (Wildman–Crippen MR) is 56.1 cm³/mol. The molecule has 2 N–H and O–H groups in total. The van der Waals surface area contributed by atoms with Crippen LogP contribution in [0.2, 0.25) is 0 Å². The molecule has 1 aliphatic heterocycles. The lowest BCUT2D eigenvalue weighted by Crippen LogP contribution is -2.36. The monoisotopic (exact) mass is 208 g/mol. The molecule has 1 aromatic rings. The third-order valence-electron chi connectivity index (χ3n) is 2.58. The normalized spacial score (nSPS) is 15.9. The van der Waals surface area contributed by atoms with Crippen LogP contribution in [0.15, 0.2) is 12.4 Å². The van der Waals surface area contributed by atoms with Gasteiger partial charge in [-0.25, -0.2) is 4.98 Å². The van der Waals surface area contributed by atoms with E-state index in [1.807, 2.05) is 4.90 Å². The van der Waals surface area contributed by atoms with Crippen molar-refractivity contribution in [3.63, 3.8) is 0 Å². The number of likely N-dealkylation sites (tertiary alicyclic amines) is 1. The van der Waals surface area contributed by atoms with Crippen molar-refractivity contribution < 1.29 is 4.79 Å². The van der Waals surface area contributed by atoms with Crippen LogP contribution in [-0.2, 0) is 11.3 Å². The van der Waals surface area contributed by atoms with E-state index >= 15 is 0 Å². The highest BCUT2D eigenvalue weighted by Gasteiger charge is 2.16. The predicted octanol–water partition coefficient (Wildman–Crippen LogP) is 0.122. The Morgan fingerprint density at radius 2 is 2.33 bits per heavy atom. The van der Waals surface area contributed by atoms with Gasteiger partial charge in [-0.05, 0) is 12.8 Å². The van der Waals surface area contributed by atoms with E-state index in [9.17, 15) is 4.79 Å². The largest absolute Gasteiger partial charge is 0.348 e. The summed E-state index contributed by atoms with van der Waals surface area (Å²) in [5.41, 5.74) is 0. The van der Waals surface area contributed by atoms with Crippen molar-refractivity contribution in [1.29, 1.82) is 0 Å². The number of hydrogen-bond donors (Lipinski definition) is 2. The van der Waals surface area contributed by atoms with Crippen molar-refractivity contribution in [2.24, 2.45) is 0 Å². The van der Waals surface area contributed by atoms with E-state index in [0.29, 0.717) is 13.1 Å². The molecule has 1 amide bonds. The van der Waals surface area contributed by atoms with Gasteiger partial charge in [0.25, 0.3) is 0 Å². The van der Waals surface area contributed by atoms with Crippen molar-refractivity contribution in [3.8, 4) is 0 Å². The van der Waals surface area contributed by atoms with E-state index in [4.69, 9.17) is 0 Å². The lowest BCUT2D eigenvalue weighted by atomic mass is 10.4. The van der Waals surface area contributed by atoms with Crippen LogP contribution in [0, 0.1) is 0 Å². The quantitative estimate of drug-likeness (QED) is 0.739. The van der Waals surface area contributed by atoms with Gasteiger partial charge in [0.05, 0.1) is 13.1 Å². The van der Waals surface area contributed by atoms with Gasteiger partial charge in [-0.3, -0.25) is 4.79 Å². The maximum absolute atomic E-state index is 11.6. The van der Waals surface area contributed by atoms with Crippen LogP contribution in [0.5, 0.6) is 0 Å². The number of carbonyl (C=O) groups excluding carboxylic acids is 1. The Hall–Kier alpha value is -1.36. The third-order valence-corrected chi connectivity index (χ3v) is 2.58. The summed E-state index contributed by atoms with van der Waals surface area (Å²) in [4.78, 5) is 20.6. The lowest BCUT2D eigenvalue weighted by Gasteiger charge is -2.14. The molecule has 0 unspecified atom stereocenters. The summed E-state index contributed by atoms with van der Waals surface area (Å²) in [5, 5.41) is 3.08. The molecule has 1 aliphatic rings. The zero-order valence-electron chi connectivity index (χ0n) is 8.70. The molecular formula is C10H16N4O. The van der Waals surface area contributed by atoms with Gasteiger partial charge in [-0.2, -0.15) is 0 Å². The van der Waals surface area contributed by atoms with Crippen molar-refractivity contribution in [2.45, 2.75) is 19.4 Å². The van der Waals surface area contributed by atoms with Gasteiger partial charge in [0.15, 0.2) is 0 Å². The molecule has 1 fully saturated rings. The molecule has 0 radical (unpaired) electrons. The molecule has 0 spiro atoms. The summed E-state index contributed by atoms with van der Waals surface area (Å²) in [5.74, 6) is 1.06. The second kappa shape index (κ2) is 4.93. The van der Waals surface area contributed by atoms with Crippen LogP contribution in [0.25, 0.3) is 0 Å². The summed E-state index contributed by atoms with van der Waals surface area (Å²) in [6, 6.07) is 0. The standard InChI is InChI=1S/C10H16N4O/c15-10(14-5-1-2-6-14)8-11-7-9-12-3-4-13-9/h3-4,11H,1-2,5-8H2,(H,12,13). The zero-order chi connectivity index (χ0) is 10.5.